The lowest BCUT2D eigenvalue weighted by atomic mass is 9.92. The van der Waals surface area contributed by atoms with E-state index < -0.39 is 23.3 Å². The fraction of sp³-hybridized carbons (Fsp3) is 0.500. The van der Waals surface area contributed by atoms with Crippen LogP contribution in [-0.2, 0) is 15.1 Å². The molecule has 2 aliphatic heterocycles. The number of carbonyl (C=O) groups is 3. The summed E-state index contributed by atoms with van der Waals surface area (Å²) in [7, 11) is 1.85. The monoisotopic (exact) mass is 362 g/mol. The van der Waals surface area contributed by atoms with E-state index in [1.54, 1.807) is 11.8 Å². The molecule has 1 aromatic carbocycles. The summed E-state index contributed by atoms with van der Waals surface area (Å²) in [6, 6.07) is 5.00. The molecule has 2 unspecified atom stereocenters. The van der Waals surface area contributed by atoms with Crippen molar-refractivity contribution in [2.45, 2.75) is 31.3 Å². The van der Waals surface area contributed by atoms with Crippen molar-refractivity contribution >= 4 is 17.8 Å². The molecule has 0 bridgehead atoms. The van der Waals surface area contributed by atoms with Gasteiger partial charge in [-0.3, -0.25) is 14.5 Å². The second-order valence-electron chi connectivity index (χ2n) is 6.92. The fourth-order valence-corrected chi connectivity index (χ4v) is 3.49. The van der Waals surface area contributed by atoms with E-state index in [1.807, 2.05) is 7.05 Å². The topological polar surface area (TPSA) is 81.8 Å². The van der Waals surface area contributed by atoms with Crippen LogP contribution in [0.4, 0.5) is 9.18 Å². The molecule has 2 N–H and O–H groups in total. The Kier molecular flexibility index (Phi) is 4.95. The summed E-state index contributed by atoms with van der Waals surface area (Å²) in [6.45, 7) is 2.45. The molecule has 2 heterocycles. The summed E-state index contributed by atoms with van der Waals surface area (Å²) in [4.78, 5) is 40.3. The number of hydrogen-bond acceptors (Lipinski definition) is 4. The van der Waals surface area contributed by atoms with Crippen molar-refractivity contribution < 1.29 is 18.8 Å². The van der Waals surface area contributed by atoms with Gasteiger partial charge in [0.05, 0.1) is 0 Å². The molecule has 8 heteroatoms. The van der Waals surface area contributed by atoms with Crippen molar-refractivity contribution in [2.75, 3.05) is 26.7 Å². The smallest absolute Gasteiger partial charge is 0.325 e. The predicted octanol–water partition coefficient (Wildman–Crippen LogP) is 0.803. The van der Waals surface area contributed by atoms with Crippen LogP contribution < -0.4 is 10.6 Å². The van der Waals surface area contributed by atoms with Crippen LogP contribution in [0.25, 0.3) is 0 Å². The maximum atomic E-state index is 13.1. The molecule has 26 heavy (non-hydrogen) atoms. The van der Waals surface area contributed by atoms with Gasteiger partial charge in [-0.25, -0.2) is 9.18 Å². The first-order chi connectivity index (χ1) is 12.3. The number of piperidine rings is 1. The highest BCUT2D eigenvalue weighted by Crippen LogP contribution is 2.29. The number of imide groups is 1. The Bertz CT molecular complexity index is 724. The Balaban J connectivity index is 1.73. The van der Waals surface area contributed by atoms with Gasteiger partial charge in [0.2, 0.25) is 5.91 Å². The van der Waals surface area contributed by atoms with E-state index in [-0.39, 0.29) is 18.5 Å². The zero-order valence-electron chi connectivity index (χ0n) is 14.9. The molecule has 2 atom stereocenters. The van der Waals surface area contributed by atoms with Crippen molar-refractivity contribution in [3.63, 3.8) is 0 Å². The minimum Gasteiger partial charge on any atom is -0.340 e. The van der Waals surface area contributed by atoms with Gasteiger partial charge in [-0.05, 0) is 44.5 Å². The average molecular weight is 362 g/mol. The molecule has 0 aliphatic carbocycles. The van der Waals surface area contributed by atoms with Crippen LogP contribution in [0.3, 0.4) is 0 Å². The summed E-state index contributed by atoms with van der Waals surface area (Å²) < 4.78 is 13.1. The number of likely N-dealkylation sites (N-methyl/N-ethyl adjacent to an activating group) is 1. The lowest BCUT2D eigenvalue weighted by molar-refractivity contribution is -0.139. The molecule has 2 saturated heterocycles. The van der Waals surface area contributed by atoms with E-state index in [9.17, 15) is 18.8 Å². The van der Waals surface area contributed by atoms with Gasteiger partial charge >= 0.3 is 6.03 Å². The van der Waals surface area contributed by atoms with E-state index in [4.69, 9.17) is 0 Å². The third-order valence-electron chi connectivity index (χ3n) is 5.17. The van der Waals surface area contributed by atoms with Crippen LogP contribution in [0, 0.1) is 5.82 Å². The molecule has 4 amide bonds. The van der Waals surface area contributed by atoms with Crippen molar-refractivity contribution in [3.8, 4) is 0 Å². The predicted molar refractivity (Wildman–Crippen MR) is 92.7 cm³/mol. The number of halogens is 1. The maximum Gasteiger partial charge on any atom is 0.325 e. The standard InChI is InChI=1S/C18H23FN4O3/c1-18(12-5-7-13(19)8-6-12)16(25)23(17(26)21-18)11-15(24)22-9-3-4-14(10-22)20-2/h5-8,14,20H,3-4,9-11H2,1-2H3,(H,21,26). The van der Waals surface area contributed by atoms with Gasteiger partial charge in [0.25, 0.3) is 5.91 Å². The van der Waals surface area contributed by atoms with Crippen LogP contribution in [-0.4, -0.2) is 60.4 Å². The zero-order chi connectivity index (χ0) is 18.9. The molecule has 0 aromatic heterocycles. The third-order valence-corrected chi connectivity index (χ3v) is 5.17. The first-order valence-electron chi connectivity index (χ1n) is 8.70. The minimum atomic E-state index is -1.31. The molecule has 2 aliphatic rings. The van der Waals surface area contributed by atoms with Gasteiger partial charge in [-0.15, -0.1) is 0 Å². The molecule has 0 radical (unpaired) electrons. The van der Waals surface area contributed by atoms with Gasteiger partial charge < -0.3 is 15.5 Å². The molecule has 0 spiro atoms. The van der Waals surface area contributed by atoms with E-state index >= 15 is 0 Å². The van der Waals surface area contributed by atoms with Crippen molar-refractivity contribution in [2.24, 2.45) is 0 Å². The van der Waals surface area contributed by atoms with Crippen LogP contribution >= 0.6 is 0 Å². The number of hydrogen-bond donors (Lipinski definition) is 2. The number of benzene rings is 1. The first-order valence-corrected chi connectivity index (χ1v) is 8.70. The molecule has 7 nitrogen and oxygen atoms in total. The van der Waals surface area contributed by atoms with E-state index in [2.05, 4.69) is 10.6 Å². The van der Waals surface area contributed by atoms with Crippen LogP contribution in [0.2, 0.25) is 0 Å². The SMILES string of the molecule is CNC1CCCN(C(=O)CN2C(=O)NC(C)(c3ccc(F)cc3)C2=O)C1. The summed E-state index contributed by atoms with van der Waals surface area (Å²) in [5, 5.41) is 5.78. The van der Waals surface area contributed by atoms with Gasteiger partial charge in [0.15, 0.2) is 0 Å². The quantitative estimate of drug-likeness (QED) is 0.777. The van der Waals surface area contributed by atoms with Gasteiger partial charge in [-0.2, -0.15) is 0 Å². The normalized spacial score (nSPS) is 26.2. The highest BCUT2D eigenvalue weighted by molar-refractivity contribution is 6.09. The van der Waals surface area contributed by atoms with Gasteiger partial charge in [0, 0.05) is 19.1 Å². The zero-order valence-corrected chi connectivity index (χ0v) is 14.9. The lowest BCUT2D eigenvalue weighted by Crippen LogP contribution is -2.50. The van der Waals surface area contributed by atoms with Crippen LogP contribution in [0.5, 0.6) is 0 Å². The van der Waals surface area contributed by atoms with Crippen molar-refractivity contribution in [1.29, 1.82) is 0 Å². The molecule has 1 aromatic rings. The molecular formula is C18H23FN4O3. The largest absolute Gasteiger partial charge is 0.340 e. The number of nitrogens with one attached hydrogen (secondary N) is 2. The Labute approximate surface area is 151 Å². The molecule has 2 fully saturated rings. The number of carbonyl (C=O) groups excluding carboxylic acids is 3. The first kappa shape index (κ1) is 18.3. The minimum absolute atomic E-state index is 0.222. The number of rotatable bonds is 4. The Morgan fingerprint density at radius 2 is 2.04 bits per heavy atom. The lowest BCUT2D eigenvalue weighted by Gasteiger charge is -2.33. The average Bonchev–Trinajstić information content (AvgIpc) is 2.86. The van der Waals surface area contributed by atoms with Gasteiger partial charge in [-0.1, -0.05) is 12.1 Å². The van der Waals surface area contributed by atoms with Gasteiger partial charge in [0.1, 0.15) is 17.9 Å². The summed E-state index contributed by atoms with van der Waals surface area (Å²) in [5.74, 6) is -1.19. The Morgan fingerprint density at radius 1 is 1.35 bits per heavy atom. The number of urea groups is 1. The molecule has 3 rings (SSSR count). The summed E-state index contributed by atoms with van der Waals surface area (Å²) >= 11 is 0. The van der Waals surface area contributed by atoms with E-state index in [0.29, 0.717) is 18.7 Å². The number of likely N-dealkylation sites (tertiary alicyclic amines) is 1. The molecule has 0 saturated carbocycles. The highest BCUT2D eigenvalue weighted by atomic mass is 19.1. The summed E-state index contributed by atoms with van der Waals surface area (Å²) in [5.41, 5.74) is -0.832. The Morgan fingerprint density at radius 3 is 2.69 bits per heavy atom. The number of amides is 4. The fourth-order valence-electron chi connectivity index (χ4n) is 3.49. The van der Waals surface area contributed by atoms with Crippen molar-refractivity contribution in [1.82, 2.24) is 20.4 Å². The summed E-state index contributed by atoms with van der Waals surface area (Å²) in [6.07, 6.45) is 1.87. The molecule has 140 valence electrons. The second-order valence-corrected chi connectivity index (χ2v) is 6.92. The van der Waals surface area contributed by atoms with Crippen molar-refractivity contribution in [3.05, 3.63) is 35.6 Å². The maximum absolute atomic E-state index is 13.1. The highest BCUT2D eigenvalue weighted by Gasteiger charge is 2.49. The van der Waals surface area contributed by atoms with E-state index in [1.165, 1.54) is 24.3 Å². The number of nitrogens with zero attached hydrogens (tertiary/aromatic N) is 2. The van der Waals surface area contributed by atoms with Crippen LogP contribution in [0.15, 0.2) is 24.3 Å². The molecular weight excluding hydrogens is 339 g/mol. The van der Waals surface area contributed by atoms with Crippen LogP contribution in [0.1, 0.15) is 25.3 Å². The third kappa shape index (κ3) is 3.29. The Hall–Kier alpha value is -2.48. The second kappa shape index (κ2) is 7.03. The van der Waals surface area contributed by atoms with E-state index in [0.717, 1.165) is 17.7 Å².